The molecule has 1 atom stereocenters. The monoisotopic (exact) mass is 302 g/mol. The van der Waals surface area contributed by atoms with Crippen molar-refractivity contribution in [3.8, 4) is 0 Å². The Bertz CT molecular complexity index is 501. The van der Waals surface area contributed by atoms with Gasteiger partial charge in [0.25, 0.3) is 0 Å². The fraction of sp³-hybridized carbons (Fsp3) is 0.273. The summed E-state index contributed by atoms with van der Waals surface area (Å²) < 4.78 is 1.99. The second-order valence-corrected chi connectivity index (χ2v) is 7.35. The maximum Gasteiger partial charge on any atom is 0.175 e. The van der Waals surface area contributed by atoms with Crippen molar-refractivity contribution in [2.75, 3.05) is 6.26 Å². The first-order chi connectivity index (χ1) is 8.20. The van der Waals surface area contributed by atoms with E-state index < -0.39 is 0 Å². The topological polar surface area (TPSA) is 25.8 Å². The van der Waals surface area contributed by atoms with E-state index in [1.807, 2.05) is 24.5 Å². The Kier molecular flexibility index (Phi) is 4.73. The van der Waals surface area contributed by atoms with Crippen molar-refractivity contribution in [1.82, 2.24) is 10.2 Å². The molecule has 0 bridgehead atoms. The van der Waals surface area contributed by atoms with Crippen molar-refractivity contribution in [2.45, 2.75) is 20.9 Å². The predicted octanol–water partition coefficient (Wildman–Crippen LogP) is 4.77. The lowest BCUT2D eigenvalue weighted by atomic mass is 10.2. The largest absolute Gasteiger partial charge is 0.175 e. The third-order valence-corrected chi connectivity index (χ3v) is 5.65. The van der Waals surface area contributed by atoms with Gasteiger partial charge in [-0.2, -0.15) is 0 Å². The number of hydrogen-bond donors (Lipinski definition) is 0. The predicted molar refractivity (Wildman–Crippen MR) is 77.4 cm³/mol. The highest BCUT2D eigenvalue weighted by molar-refractivity contribution is 8.03. The van der Waals surface area contributed by atoms with Crippen molar-refractivity contribution in [3.05, 3.63) is 34.9 Å². The minimum absolute atomic E-state index is 0.284. The summed E-state index contributed by atoms with van der Waals surface area (Å²) in [5.41, 5.74) is 1.14. The van der Waals surface area contributed by atoms with Gasteiger partial charge in [-0.1, -0.05) is 64.7 Å². The number of rotatable bonds is 4. The fourth-order valence-corrected chi connectivity index (χ4v) is 4.46. The molecular weight excluding hydrogens is 292 g/mol. The van der Waals surface area contributed by atoms with E-state index in [0.717, 1.165) is 19.3 Å². The lowest BCUT2D eigenvalue weighted by molar-refractivity contribution is 0.950. The molecule has 17 heavy (non-hydrogen) atoms. The van der Waals surface area contributed by atoms with Crippen molar-refractivity contribution in [2.24, 2.45) is 0 Å². The van der Waals surface area contributed by atoms with E-state index >= 15 is 0 Å². The minimum atomic E-state index is 0.284. The van der Waals surface area contributed by atoms with Gasteiger partial charge in [0.1, 0.15) is 0 Å². The number of aromatic nitrogens is 2. The molecule has 6 heteroatoms. The number of thioether (sulfide) groups is 2. The van der Waals surface area contributed by atoms with Crippen molar-refractivity contribution < 1.29 is 0 Å². The van der Waals surface area contributed by atoms with Gasteiger partial charge < -0.3 is 0 Å². The molecule has 0 amide bonds. The van der Waals surface area contributed by atoms with Crippen LogP contribution >= 0.6 is 46.5 Å². The van der Waals surface area contributed by atoms with Crippen LogP contribution in [0.15, 0.2) is 32.9 Å². The van der Waals surface area contributed by atoms with E-state index in [2.05, 4.69) is 23.2 Å². The maximum atomic E-state index is 6.17. The molecule has 1 unspecified atom stereocenters. The molecule has 1 heterocycles. The first kappa shape index (κ1) is 13.2. The molecule has 0 saturated heterocycles. The van der Waals surface area contributed by atoms with E-state index in [1.54, 1.807) is 34.9 Å². The standard InChI is InChI=1S/C11H11ClN2S3/c1-7(8-5-3-4-6-9(8)12)16-11-14-13-10(15-2)17-11/h3-7H,1-2H3. The molecule has 0 aliphatic carbocycles. The van der Waals surface area contributed by atoms with Gasteiger partial charge in [0.15, 0.2) is 8.68 Å². The molecule has 1 aromatic heterocycles. The van der Waals surface area contributed by atoms with Gasteiger partial charge in [0, 0.05) is 10.3 Å². The third-order valence-electron chi connectivity index (χ3n) is 2.18. The lowest BCUT2D eigenvalue weighted by Crippen LogP contribution is -1.89. The second-order valence-electron chi connectivity index (χ2n) is 3.32. The summed E-state index contributed by atoms with van der Waals surface area (Å²) in [6.07, 6.45) is 2.01. The average Bonchev–Trinajstić information content (AvgIpc) is 2.77. The van der Waals surface area contributed by atoms with Gasteiger partial charge in [-0.25, -0.2) is 0 Å². The highest BCUT2D eigenvalue weighted by Gasteiger charge is 2.13. The zero-order valence-electron chi connectivity index (χ0n) is 9.38. The average molecular weight is 303 g/mol. The molecule has 2 nitrogen and oxygen atoms in total. The molecular formula is C11H11ClN2S3. The Morgan fingerprint density at radius 3 is 2.59 bits per heavy atom. The van der Waals surface area contributed by atoms with Crippen LogP contribution in [0.5, 0.6) is 0 Å². The molecule has 0 aliphatic rings. The summed E-state index contributed by atoms with van der Waals surface area (Å²) in [5.74, 6) is 0. The van der Waals surface area contributed by atoms with Crippen molar-refractivity contribution in [1.29, 1.82) is 0 Å². The first-order valence-corrected chi connectivity index (χ1v) is 8.29. The first-order valence-electron chi connectivity index (χ1n) is 4.99. The van der Waals surface area contributed by atoms with Crippen LogP contribution in [0.25, 0.3) is 0 Å². The third kappa shape index (κ3) is 3.37. The van der Waals surface area contributed by atoms with Gasteiger partial charge in [0.05, 0.1) is 0 Å². The smallest absolute Gasteiger partial charge is 0.131 e. The normalized spacial score (nSPS) is 12.6. The van der Waals surface area contributed by atoms with Gasteiger partial charge >= 0.3 is 0 Å². The minimum Gasteiger partial charge on any atom is -0.131 e. The van der Waals surface area contributed by atoms with Crippen LogP contribution in [-0.2, 0) is 0 Å². The zero-order chi connectivity index (χ0) is 12.3. The van der Waals surface area contributed by atoms with E-state index in [-0.39, 0.29) is 5.25 Å². The van der Waals surface area contributed by atoms with Crippen LogP contribution in [0.3, 0.4) is 0 Å². The van der Waals surface area contributed by atoms with Gasteiger partial charge in [-0.05, 0) is 24.8 Å². The van der Waals surface area contributed by atoms with Crippen molar-refractivity contribution >= 4 is 46.5 Å². The summed E-state index contributed by atoms with van der Waals surface area (Å²) >= 11 is 11.1. The Hall–Kier alpha value is -0.230. The summed E-state index contributed by atoms with van der Waals surface area (Å²) in [5, 5.41) is 9.32. The molecule has 0 radical (unpaired) electrons. The van der Waals surface area contributed by atoms with Gasteiger partial charge in [-0.15, -0.1) is 10.2 Å². The van der Waals surface area contributed by atoms with Crippen LogP contribution in [0.2, 0.25) is 5.02 Å². The highest BCUT2D eigenvalue weighted by atomic mass is 35.5. The maximum absolute atomic E-state index is 6.17. The Labute approximate surface area is 118 Å². The second kappa shape index (κ2) is 6.09. The molecule has 2 rings (SSSR count). The van der Waals surface area contributed by atoms with E-state index in [1.165, 1.54) is 0 Å². The van der Waals surface area contributed by atoms with Crippen LogP contribution in [-0.4, -0.2) is 16.5 Å². The van der Waals surface area contributed by atoms with Crippen LogP contribution in [0.4, 0.5) is 0 Å². The summed E-state index contributed by atoms with van der Waals surface area (Å²) in [4.78, 5) is 0. The molecule has 90 valence electrons. The summed E-state index contributed by atoms with van der Waals surface area (Å²) in [6.45, 7) is 2.13. The summed E-state index contributed by atoms with van der Waals surface area (Å²) in [6, 6.07) is 7.92. The molecule has 0 saturated carbocycles. The Balaban J connectivity index is 2.11. The number of benzene rings is 1. The van der Waals surface area contributed by atoms with E-state index in [9.17, 15) is 0 Å². The lowest BCUT2D eigenvalue weighted by Gasteiger charge is -2.10. The molecule has 0 N–H and O–H groups in total. The van der Waals surface area contributed by atoms with Crippen LogP contribution in [0, 0.1) is 0 Å². The van der Waals surface area contributed by atoms with E-state index in [4.69, 9.17) is 11.6 Å². The molecule has 0 aliphatic heterocycles. The van der Waals surface area contributed by atoms with Crippen molar-refractivity contribution in [3.63, 3.8) is 0 Å². The summed E-state index contributed by atoms with van der Waals surface area (Å²) in [7, 11) is 0. The van der Waals surface area contributed by atoms with Crippen LogP contribution in [0.1, 0.15) is 17.7 Å². The molecule has 2 aromatic rings. The van der Waals surface area contributed by atoms with Gasteiger partial charge in [0.2, 0.25) is 0 Å². The fourth-order valence-electron chi connectivity index (χ4n) is 1.35. The van der Waals surface area contributed by atoms with Crippen LogP contribution < -0.4 is 0 Å². The molecule has 0 spiro atoms. The van der Waals surface area contributed by atoms with E-state index in [0.29, 0.717) is 0 Å². The zero-order valence-corrected chi connectivity index (χ0v) is 12.6. The number of hydrogen-bond acceptors (Lipinski definition) is 5. The highest BCUT2D eigenvalue weighted by Crippen LogP contribution is 2.39. The Morgan fingerprint density at radius 2 is 1.94 bits per heavy atom. The quantitative estimate of drug-likeness (QED) is 0.760. The Morgan fingerprint density at radius 1 is 1.24 bits per heavy atom. The molecule has 1 aromatic carbocycles. The number of nitrogens with zero attached hydrogens (tertiary/aromatic N) is 2. The van der Waals surface area contributed by atoms with Gasteiger partial charge in [-0.3, -0.25) is 0 Å². The SMILES string of the molecule is CSc1nnc(SC(C)c2ccccc2Cl)s1. The molecule has 0 fully saturated rings. The number of halogens is 1.